The van der Waals surface area contributed by atoms with Gasteiger partial charge < -0.3 is 63.8 Å². The second-order valence-corrected chi connectivity index (χ2v) is 21.0. The third-order valence-electron chi connectivity index (χ3n) is 17.4. The first-order chi connectivity index (χ1) is 30.0. The number of nitrogens with one attached hydrogen (secondary N) is 1. The Balaban J connectivity index is 0.806. The highest BCUT2D eigenvalue weighted by Gasteiger charge is 2.71. The van der Waals surface area contributed by atoms with Crippen LogP contribution >= 0.6 is 0 Å². The van der Waals surface area contributed by atoms with Crippen molar-refractivity contribution in [3.63, 3.8) is 0 Å². The third-order valence-corrected chi connectivity index (χ3v) is 17.4. The first-order valence-corrected chi connectivity index (χ1v) is 23.4. The number of carbonyl (C=O) groups is 2. The molecule has 0 aromatic heterocycles. The summed E-state index contributed by atoms with van der Waals surface area (Å²) in [6.45, 7) is 10.5. The molecule has 4 saturated carbocycles. The van der Waals surface area contributed by atoms with Crippen LogP contribution in [0.15, 0.2) is 24.3 Å². The van der Waals surface area contributed by atoms with Gasteiger partial charge in [0.2, 0.25) is 0 Å². The molecule has 0 unspecified atom stereocenters. The van der Waals surface area contributed by atoms with Gasteiger partial charge in [0.25, 0.3) is 0 Å². The van der Waals surface area contributed by atoms with Crippen molar-refractivity contribution in [3.8, 4) is 0 Å². The standard InChI is InChI=1S/C47H69NO15/c1-22-12-15-47(58-20-22)24(3)34-31(63-47)17-28-27-11-10-25-16-26(13-14-45(25,4)35(27)30(50)18-46(28,34)5)59-42-40(55)38(53)41(32(19-49)60-42)62-43-39(54)37(52)36(51)33(61-43)21-57-44(56)48-29-9-7-6-8-23(29)2/h6-9,22,24-28,31-43,49,51-55H,10-21H2,1-5H3,(H,48,56)/t22-,24+,25+,26+,27+,28+,31+,32-,33-,34+,35-,36-,37+,38-,39-,40-,41-,42-,43+,45+,46+,47-/m1/s1. The molecule has 7 N–H and O–H groups in total. The molecular formula is C47H69NO15. The lowest BCUT2D eigenvalue weighted by molar-refractivity contribution is -0.364. The van der Waals surface area contributed by atoms with Crippen molar-refractivity contribution in [2.24, 2.45) is 52.3 Å². The molecule has 4 saturated heterocycles. The molecule has 1 aromatic rings. The Labute approximate surface area is 369 Å². The number of para-hydroxylation sites is 1. The molecule has 16 nitrogen and oxygen atoms in total. The van der Waals surface area contributed by atoms with E-state index in [2.05, 4.69) is 33.0 Å². The van der Waals surface area contributed by atoms with Crippen molar-refractivity contribution in [1.82, 2.24) is 0 Å². The summed E-state index contributed by atoms with van der Waals surface area (Å²) in [7, 11) is 0. The van der Waals surface area contributed by atoms with Gasteiger partial charge in [-0.3, -0.25) is 10.1 Å². The van der Waals surface area contributed by atoms with Crippen LogP contribution in [-0.4, -0.2) is 142 Å². The average molecular weight is 888 g/mol. The molecule has 1 spiro atoms. The predicted octanol–water partition coefficient (Wildman–Crippen LogP) is 3.19. The number of aliphatic hydroxyl groups is 6. The molecule has 0 radical (unpaired) electrons. The van der Waals surface area contributed by atoms with Gasteiger partial charge in [0.1, 0.15) is 61.2 Å². The lowest BCUT2D eigenvalue weighted by atomic mass is 9.44. The molecule has 8 aliphatic rings. The van der Waals surface area contributed by atoms with Gasteiger partial charge in [-0.25, -0.2) is 4.79 Å². The number of anilines is 1. The van der Waals surface area contributed by atoms with Gasteiger partial charge in [-0.15, -0.1) is 0 Å². The molecule has 4 heterocycles. The van der Waals surface area contributed by atoms with Crippen molar-refractivity contribution in [2.75, 3.05) is 25.1 Å². The van der Waals surface area contributed by atoms with Crippen LogP contribution in [0.3, 0.4) is 0 Å². The topological polar surface area (TPSA) is 232 Å². The lowest BCUT2D eigenvalue weighted by Gasteiger charge is -2.60. The number of rotatable bonds is 8. The maximum Gasteiger partial charge on any atom is 0.411 e. The van der Waals surface area contributed by atoms with Gasteiger partial charge in [-0.1, -0.05) is 45.9 Å². The maximum absolute atomic E-state index is 14.6. The minimum absolute atomic E-state index is 0.0426. The fraction of sp³-hybridized carbons (Fsp3) is 0.830. The summed E-state index contributed by atoms with van der Waals surface area (Å²) in [6, 6.07) is 7.04. The van der Waals surface area contributed by atoms with Crippen LogP contribution in [0.4, 0.5) is 10.5 Å². The first kappa shape index (κ1) is 45.8. The van der Waals surface area contributed by atoms with Crippen molar-refractivity contribution >= 4 is 17.6 Å². The van der Waals surface area contributed by atoms with E-state index in [0.717, 1.165) is 50.7 Å². The van der Waals surface area contributed by atoms with Crippen LogP contribution in [0, 0.1) is 59.2 Å². The second-order valence-electron chi connectivity index (χ2n) is 21.0. The number of Topliss-reactive ketones (excluding diaryl/α,β-unsaturated/α-hetero) is 1. The van der Waals surface area contributed by atoms with Crippen LogP contribution in [-0.2, 0) is 38.0 Å². The number of hydrogen-bond acceptors (Lipinski definition) is 15. The van der Waals surface area contributed by atoms with Gasteiger partial charge in [0, 0.05) is 30.4 Å². The Kier molecular flexibility index (Phi) is 12.7. The molecule has 16 heteroatoms. The lowest BCUT2D eigenvalue weighted by Crippen LogP contribution is -2.65. The number of ether oxygens (including phenoxy) is 7. The SMILES string of the molecule is Cc1ccccc1NC(=O)OC[C@H]1O[C@@H](O[C@H]2[C@H](O)[C@@H](O)[C@H](O[C@H]3CC[C@@]4(C)[C@@H](CC[C@H]5[C@@H]6C[C@@H]7O[C@]8(CC[C@@H](C)CO8)[C@@H](C)[C@@H]7[C@@]6(C)CC(=O)[C@@H]54)C3)O[C@@H]2CO)[C@H](O)[C@@H](O)[C@@H]1O. The molecule has 63 heavy (non-hydrogen) atoms. The quantitative estimate of drug-likeness (QED) is 0.186. The number of benzene rings is 1. The van der Waals surface area contributed by atoms with Crippen molar-refractivity contribution in [2.45, 2.75) is 172 Å². The average Bonchev–Trinajstić information content (AvgIpc) is 3.70. The molecule has 4 aliphatic carbocycles. The molecule has 1 amide bonds. The zero-order valence-corrected chi connectivity index (χ0v) is 37.1. The summed E-state index contributed by atoms with van der Waals surface area (Å²) < 4.78 is 42.7. The number of fused-ring (bicyclic) bond motifs is 7. The summed E-state index contributed by atoms with van der Waals surface area (Å²) in [6.07, 6.45) is -9.26. The van der Waals surface area contributed by atoms with Crippen LogP contribution in [0.2, 0.25) is 0 Å². The van der Waals surface area contributed by atoms with E-state index in [4.69, 9.17) is 33.2 Å². The number of aryl methyl sites for hydroxylation is 1. The molecule has 4 aliphatic heterocycles. The molecule has 22 atom stereocenters. The van der Waals surface area contributed by atoms with Gasteiger partial charge in [-0.2, -0.15) is 0 Å². The van der Waals surface area contributed by atoms with Gasteiger partial charge >= 0.3 is 6.09 Å². The van der Waals surface area contributed by atoms with Gasteiger partial charge in [0.15, 0.2) is 18.4 Å². The largest absolute Gasteiger partial charge is 0.446 e. The highest BCUT2D eigenvalue weighted by atomic mass is 16.7. The summed E-state index contributed by atoms with van der Waals surface area (Å²) in [5.74, 6) is 1.76. The van der Waals surface area contributed by atoms with Gasteiger partial charge in [-0.05, 0) is 104 Å². The fourth-order valence-corrected chi connectivity index (χ4v) is 14.0. The van der Waals surface area contributed by atoms with Crippen LogP contribution in [0.1, 0.15) is 91.0 Å². The van der Waals surface area contributed by atoms with E-state index < -0.39 is 86.5 Å². The number of amides is 1. The summed E-state index contributed by atoms with van der Waals surface area (Å²) >= 11 is 0. The van der Waals surface area contributed by atoms with E-state index in [1.54, 1.807) is 25.1 Å². The highest BCUT2D eigenvalue weighted by Crippen LogP contribution is 2.70. The Morgan fingerprint density at radius 2 is 1.59 bits per heavy atom. The zero-order chi connectivity index (χ0) is 44.7. The normalized spacial score (nSPS) is 50.6. The second kappa shape index (κ2) is 17.4. The Morgan fingerprint density at radius 3 is 2.32 bits per heavy atom. The predicted molar refractivity (Wildman–Crippen MR) is 222 cm³/mol. The number of carbonyl (C=O) groups excluding carboxylic acids is 2. The summed E-state index contributed by atoms with van der Waals surface area (Å²) in [5.41, 5.74) is 0.972. The zero-order valence-electron chi connectivity index (χ0n) is 37.1. The molecule has 352 valence electrons. The number of ketones is 1. The molecular weight excluding hydrogens is 819 g/mol. The van der Waals surface area contributed by atoms with E-state index in [1.165, 1.54) is 0 Å². The van der Waals surface area contributed by atoms with Crippen LogP contribution in [0.25, 0.3) is 0 Å². The van der Waals surface area contributed by atoms with Crippen molar-refractivity contribution in [1.29, 1.82) is 0 Å². The number of aliphatic hydroxyl groups excluding tert-OH is 6. The summed E-state index contributed by atoms with van der Waals surface area (Å²) in [4.78, 5) is 27.1. The minimum Gasteiger partial charge on any atom is -0.446 e. The fourth-order valence-electron chi connectivity index (χ4n) is 14.0. The molecule has 1 aromatic carbocycles. The van der Waals surface area contributed by atoms with Crippen molar-refractivity contribution < 1.29 is 73.4 Å². The van der Waals surface area contributed by atoms with E-state index in [1.807, 2.05) is 6.07 Å². The van der Waals surface area contributed by atoms with Crippen molar-refractivity contribution in [3.05, 3.63) is 29.8 Å². The smallest absolute Gasteiger partial charge is 0.411 e. The van der Waals surface area contributed by atoms with E-state index in [0.29, 0.717) is 54.4 Å². The molecule has 8 fully saturated rings. The van der Waals surface area contributed by atoms with E-state index >= 15 is 0 Å². The molecule has 0 bridgehead atoms. The first-order valence-electron chi connectivity index (χ1n) is 23.4. The highest BCUT2D eigenvalue weighted by molar-refractivity contribution is 5.85. The van der Waals surface area contributed by atoms with E-state index in [9.17, 15) is 40.2 Å². The van der Waals surface area contributed by atoms with Crippen LogP contribution in [0.5, 0.6) is 0 Å². The maximum atomic E-state index is 14.6. The Hall–Kier alpha value is -2.32. The monoisotopic (exact) mass is 887 g/mol. The van der Waals surface area contributed by atoms with Gasteiger partial charge in [0.05, 0.1) is 25.4 Å². The van der Waals surface area contributed by atoms with E-state index in [-0.39, 0.29) is 40.8 Å². The third kappa shape index (κ3) is 7.89. The Bertz CT molecular complexity index is 1830. The minimum atomic E-state index is -1.82. The van der Waals surface area contributed by atoms with Crippen LogP contribution < -0.4 is 5.32 Å². The molecule has 9 rings (SSSR count). The Morgan fingerprint density at radius 1 is 0.857 bits per heavy atom. The summed E-state index contributed by atoms with van der Waals surface area (Å²) in [5, 5.41) is 67.9. The number of hydrogen-bond donors (Lipinski definition) is 7.